The Kier molecular flexibility index (Phi) is 9.36. The second-order valence-electron chi connectivity index (χ2n) is 12.0. The zero-order chi connectivity index (χ0) is 32.7. The topological polar surface area (TPSA) is 12.0 Å². The first kappa shape index (κ1) is 31.1. The lowest BCUT2D eigenvalue weighted by Crippen LogP contribution is -2.00. The Bertz CT molecular complexity index is 2260. The molecular formula is C46H37NS. The highest BCUT2D eigenvalue weighted by atomic mass is 32.1. The quantitative estimate of drug-likeness (QED) is 0.119. The summed E-state index contributed by atoms with van der Waals surface area (Å²) in [5.74, 6) is 0. The maximum Gasteiger partial charge on any atom is 0.0422 e. The van der Waals surface area contributed by atoms with Gasteiger partial charge in [-0.3, -0.25) is 0 Å². The third-order valence-corrected chi connectivity index (χ3v) is 9.22. The minimum Gasteiger partial charge on any atom is -0.381 e. The SMILES string of the molecule is C/C(=C\C(=C/CNc1cccc2ccccc12)c1cccc(-c2cccc(-c3ccccc3-c3ccccc3S)c2)c1)c1ccccc1. The van der Waals surface area contributed by atoms with E-state index < -0.39 is 0 Å². The van der Waals surface area contributed by atoms with Crippen molar-refractivity contribution >= 4 is 40.2 Å². The Morgan fingerprint density at radius 1 is 0.542 bits per heavy atom. The van der Waals surface area contributed by atoms with Crippen LogP contribution in [-0.2, 0) is 0 Å². The lowest BCUT2D eigenvalue weighted by Gasteiger charge is -2.14. The van der Waals surface area contributed by atoms with Crippen molar-refractivity contribution < 1.29 is 0 Å². The van der Waals surface area contributed by atoms with Crippen molar-refractivity contribution in [2.45, 2.75) is 11.8 Å². The molecule has 0 spiro atoms. The van der Waals surface area contributed by atoms with Crippen molar-refractivity contribution in [3.8, 4) is 33.4 Å². The van der Waals surface area contributed by atoms with Gasteiger partial charge in [-0.1, -0.05) is 158 Å². The summed E-state index contributed by atoms with van der Waals surface area (Å²) in [6.45, 7) is 2.89. The Labute approximate surface area is 289 Å². The molecule has 7 aromatic rings. The average molecular weight is 636 g/mol. The van der Waals surface area contributed by atoms with E-state index in [-0.39, 0.29) is 0 Å². The van der Waals surface area contributed by atoms with Crippen LogP contribution >= 0.6 is 12.6 Å². The fourth-order valence-corrected chi connectivity index (χ4v) is 6.63. The molecule has 7 rings (SSSR count). The molecule has 1 nitrogen and oxygen atoms in total. The Morgan fingerprint density at radius 2 is 1.15 bits per heavy atom. The zero-order valence-electron chi connectivity index (χ0n) is 27.0. The third kappa shape index (κ3) is 6.90. The minimum absolute atomic E-state index is 0.699. The molecular weight excluding hydrogens is 599 g/mol. The van der Waals surface area contributed by atoms with E-state index in [0.717, 1.165) is 16.1 Å². The first-order valence-electron chi connectivity index (χ1n) is 16.4. The lowest BCUT2D eigenvalue weighted by molar-refractivity contribution is 1.35. The Balaban J connectivity index is 1.24. The van der Waals surface area contributed by atoms with E-state index in [1.807, 2.05) is 12.1 Å². The predicted molar refractivity (Wildman–Crippen MR) is 211 cm³/mol. The molecule has 0 aliphatic heterocycles. The first-order chi connectivity index (χ1) is 23.6. The molecule has 0 atom stereocenters. The van der Waals surface area contributed by atoms with Gasteiger partial charge in [0.1, 0.15) is 0 Å². The van der Waals surface area contributed by atoms with Crippen molar-refractivity contribution in [1.29, 1.82) is 0 Å². The van der Waals surface area contributed by atoms with Gasteiger partial charge in [0.2, 0.25) is 0 Å². The van der Waals surface area contributed by atoms with Crippen LogP contribution < -0.4 is 5.32 Å². The summed E-state index contributed by atoms with van der Waals surface area (Å²) in [5, 5.41) is 6.15. The number of hydrogen-bond acceptors (Lipinski definition) is 2. The van der Waals surface area contributed by atoms with Gasteiger partial charge in [-0.25, -0.2) is 0 Å². The molecule has 0 aliphatic carbocycles. The molecule has 0 heterocycles. The van der Waals surface area contributed by atoms with Crippen LogP contribution in [0.15, 0.2) is 187 Å². The van der Waals surface area contributed by atoms with Crippen LogP contribution in [0.5, 0.6) is 0 Å². The highest BCUT2D eigenvalue weighted by Crippen LogP contribution is 2.37. The van der Waals surface area contributed by atoms with Crippen LogP contribution in [0, 0.1) is 0 Å². The number of fused-ring (bicyclic) bond motifs is 1. The highest BCUT2D eigenvalue weighted by Gasteiger charge is 2.11. The van der Waals surface area contributed by atoms with E-state index in [2.05, 4.69) is 182 Å². The van der Waals surface area contributed by atoms with Gasteiger partial charge in [-0.2, -0.15) is 0 Å². The van der Waals surface area contributed by atoms with E-state index in [1.165, 1.54) is 60.9 Å². The van der Waals surface area contributed by atoms with Crippen LogP contribution in [0.1, 0.15) is 18.1 Å². The van der Waals surface area contributed by atoms with Crippen molar-refractivity contribution in [3.63, 3.8) is 0 Å². The molecule has 0 saturated carbocycles. The summed E-state index contributed by atoms with van der Waals surface area (Å²) in [6.07, 6.45) is 4.61. The average Bonchev–Trinajstić information content (AvgIpc) is 3.15. The number of thiol groups is 1. The maximum atomic E-state index is 4.77. The fourth-order valence-electron chi connectivity index (χ4n) is 6.34. The molecule has 0 unspecified atom stereocenters. The normalized spacial score (nSPS) is 11.9. The molecule has 0 saturated heterocycles. The predicted octanol–water partition coefficient (Wildman–Crippen LogP) is 12.7. The standard InChI is InChI=1S/C46H37NS/c1-33(34-14-3-2-4-15-34)30-39(28-29-47-45-26-13-17-35-16-5-6-23-42(35)45)37-19-11-18-36(31-37)38-20-12-21-40(32-38)41-22-7-8-24-43(41)44-25-9-10-27-46(44)48/h2-28,30-32,47-48H,29H2,1H3/b33-30+,39-28+. The summed E-state index contributed by atoms with van der Waals surface area (Å²) < 4.78 is 0. The smallest absolute Gasteiger partial charge is 0.0422 e. The molecule has 0 fully saturated rings. The molecule has 0 aromatic heterocycles. The van der Waals surface area contributed by atoms with Crippen LogP contribution in [0.2, 0.25) is 0 Å². The first-order valence-corrected chi connectivity index (χ1v) is 16.8. The van der Waals surface area contributed by atoms with Crippen LogP contribution in [0.4, 0.5) is 5.69 Å². The molecule has 2 heteroatoms. The fraction of sp³-hybridized carbons (Fsp3) is 0.0435. The second kappa shape index (κ2) is 14.5. The summed E-state index contributed by atoms with van der Waals surface area (Å²) in [4.78, 5) is 0.974. The molecule has 7 aromatic carbocycles. The molecule has 0 bridgehead atoms. The van der Waals surface area contributed by atoms with Crippen molar-refractivity contribution in [2.24, 2.45) is 0 Å². The van der Waals surface area contributed by atoms with E-state index in [1.54, 1.807) is 0 Å². The largest absolute Gasteiger partial charge is 0.381 e. The van der Waals surface area contributed by atoms with E-state index in [4.69, 9.17) is 12.6 Å². The van der Waals surface area contributed by atoms with Gasteiger partial charge >= 0.3 is 0 Å². The van der Waals surface area contributed by atoms with Gasteiger partial charge in [0.05, 0.1) is 0 Å². The van der Waals surface area contributed by atoms with E-state index >= 15 is 0 Å². The third-order valence-electron chi connectivity index (χ3n) is 8.83. The lowest BCUT2D eigenvalue weighted by atomic mass is 9.91. The summed E-state index contributed by atoms with van der Waals surface area (Å²) in [5.41, 5.74) is 13.0. The van der Waals surface area contributed by atoms with Crippen LogP contribution in [0.25, 0.3) is 55.3 Å². The summed E-state index contributed by atoms with van der Waals surface area (Å²) in [6, 6.07) is 60.2. The van der Waals surface area contributed by atoms with Gasteiger partial charge in [-0.05, 0) is 92.2 Å². The Morgan fingerprint density at radius 3 is 1.98 bits per heavy atom. The van der Waals surface area contributed by atoms with Gasteiger partial charge in [0, 0.05) is 22.5 Å². The molecule has 48 heavy (non-hydrogen) atoms. The number of rotatable bonds is 9. The molecule has 0 amide bonds. The number of nitrogens with one attached hydrogen (secondary N) is 1. The highest BCUT2D eigenvalue weighted by molar-refractivity contribution is 7.80. The van der Waals surface area contributed by atoms with Gasteiger partial charge in [0.15, 0.2) is 0 Å². The van der Waals surface area contributed by atoms with Crippen molar-refractivity contribution in [3.05, 3.63) is 193 Å². The monoisotopic (exact) mass is 635 g/mol. The maximum absolute atomic E-state index is 4.77. The number of benzene rings is 7. The number of allylic oxidation sites excluding steroid dienone is 3. The molecule has 1 N–H and O–H groups in total. The number of anilines is 1. The minimum atomic E-state index is 0.699. The van der Waals surface area contributed by atoms with E-state index in [9.17, 15) is 0 Å². The van der Waals surface area contributed by atoms with Crippen LogP contribution in [0.3, 0.4) is 0 Å². The van der Waals surface area contributed by atoms with Crippen LogP contribution in [-0.4, -0.2) is 6.54 Å². The Hall–Kier alpha value is -5.57. The molecule has 0 radical (unpaired) electrons. The van der Waals surface area contributed by atoms with Crippen molar-refractivity contribution in [1.82, 2.24) is 0 Å². The summed E-state index contributed by atoms with van der Waals surface area (Å²) in [7, 11) is 0. The van der Waals surface area contributed by atoms with Gasteiger partial charge in [0.25, 0.3) is 0 Å². The zero-order valence-corrected chi connectivity index (χ0v) is 27.9. The van der Waals surface area contributed by atoms with E-state index in [0.29, 0.717) is 6.54 Å². The second-order valence-corrected chi connectivity index (χ2v) is 12.5. The van der Waals surface area contributed by atoms with Gasteiger partial charge < -0.3 is 5.32 Å². The molecule has 232 valence electrons. The number of hydrogen-bond donors (Lipinski definition) is 2. The summed E-state index contributed by atoms with van der Waals surface area (Å²) >= 11 is 4.77. The van der Waals surface area contributed by atoms with Gasteiger partial charge in [-0.15, -0.1) is 12.6 Å². The molecule has 0 aliphatic rings. The van der Waals surface area contributed by atoms with Crippen molar-refractivity contribution in [2.75, 3.05) is 11.9 Å².